The summed E-state index contributed by atoms with van der Waals surface area (Å²) in [6, 6.07) is 1.86. The molecule has 4 N–H and O–H groups in total. The summed E-state index contributed by atoms with van der Waals surface area (Å²) in [5.41, 5.74) is 7.59. The molecule has 0 unspecified atom stereocenters. The first-order valence-corrected chi connectivity index (χ1v) is 8.60. The molecule has 0 saturated carbocycles. The summed E-state index contributed by atoms with van der Waals surface area (Å²) < 4.78 is 21.4. The van der Waals surface area contributed by atoms with Gasteiger partial charge in [0, 0.05) is 25.2 Å². The van der Waals surface area contributed by atoms with Gasteiger partial charge in [-0.25, -0.2) is 4.98 Å². The van der Waals surface area contributed by atoms with Gasteiger partial charge in [-0.1, -0.05) is 11.6 Å². The van der Waals surface area contributed by atoms with Crippen molar-refractivity contribution in [2.24, 2.45) is 5.73 Å². The second kappa shape index (κ2) is 5.09. The monoisotopic (exact) mass is 316 g/mol. The first kappa shape index (κ1) is 14.0. The molecular weight excluding hydrogens is 300 g/mol. The van der Waals surface area contributed by atoms with Crippen LogP contribution >= 0.6 is 22.2 Å². The number of pyridine rings is 1. The molecule has 1 aliphatic heterocycles. The summed E-state index contributed by atoms with van der Waals surface area (Å²) in [5.74, 6) is 1.71. The average Bonchev–Trinajstić information content (AvgIpc) is 2.89. The lowest BCUT2D eigenvalue weighted by atomic mass is 10.2. The Bertz CT molecular complexity index is 636. The average molecular weight is 317 g/mol. The van der Waals surface area contributed by atoms with Crippen LogP contribution in [0.2, 0.25) is 5.02 Å². The Morgan fingerprint density at radius 2 is 2.05 bits per heavy atom. The second-order valence-electron chi connectivity index (χ2n) is 4.89. The van der Waals surface area contributed by atoms with Gasteiger partial charge in [0.05, 0.1) is 28.2 Å². The van der Waals surface area contributed by atoms with Crippen LogP contribution in [0.5, 0.6) is 0 Å². The first-order valence-electron chi connectivity index (χ1n) is 6.34. The van der Waals surface area contributed by atoms with Crippen molar-refractivity contribution in [1.29, 1.82) is 0 Å². The molecule has 2 aromatic rings. The predicted octanol–water partition coefficient (Wildman–Crippen LogP) is 2.02. The molecule has 1 saturated heterocycles. The van der Waals surface area contributed by atoms with Crippen molar-refractivity contribution in [3.05, 3.63) is 29.2 Å². The maximum absolute atomic E-state index is 9.73. The van der Waals surface area contributed by atoms with E-state index in [1.807, 2.05) is 10.5 Å². The van der Waals surface area contributed by atoms with Gasteiger partial charge < -0.3 is 10.6 Å². The molecule has 0 bridgehead atoms. The zero-order valence-corrected chi connectivity index (χ0v) is 12.4. The molecule has 0 aromatic carbocycles. The Labute approximate surface area is 123 Å². The summed E-state index contributed by atoms with van der Waals surface area (Å²) in [6.45, 7) is 1.55. The summed E-state index contributed by atoms with van der Waals surface area (Å²) in [6.07, 6.45) is 3.42. The lowest BCUT2D eigenvalue weighted by molar-refractivity contribution is 0.478. The first-order chi connectivity index (χ1) is 9.52. The summed E-state index contributed by atoms with van der Waals surface area (Å²) in [7, 11) is -2.42. The minimum absolute atomic E-state index is 0.371. The van der Waals surface area contributed by atoms with Crippen LogP contribution < -0.4 is 10.6 Å². The smallest absolute Gasteiger partial charge is 0.119 e. The third-order valence-corrected chi connectivity index (χ3v) is 5.57. The standard InChI is InChI=1S/C12H17ClN4O2S/c13-10-5-9(6-14)12(17-8-15-7-11(10)17)16-1-3-20(18,19)4-2-16/h5,7-8,18-19H,1-4,6,14H2. The molecule has 8 heteroatoms. The van der Waals surface area contributed by atoms with Crippen molar-refractivity contribution in [1.82, 2.24) is 9.38 Å². The number of imidazole rings is 1. The number of fused-ring (bicyclic) bond motifs is 1. The number of halogens is 1. The van der Waals surface area contributed by atoms with Gasteiger partial charge in [-0.05, 0) is 6.07 Å². The highest BCUT2D eigenvalue weighted by atomic mass is 35.5. The number of nitrogens with two attached hydrogens (primary N) is 1. The highest BCUT2D eigenvalue weighted by Gasteiger charge is 2.25. The van der Waals surface area contributed by atoms with E-state index in [4.69, 9.17) is 17.3 Å². The van der Waals surface area contributed by atoms with Gasteiger partial charge in [-0.15, -0.1) is 0 Å². The van der Waals surface area contributed by atoms with E-state index in [1.54, 1.807) is 12.5 Å². The van der Waals surface area contributed by atoms with Crippen LogP contribution in [0.4, 0.5) is 5.82 Å². The normalized spacial score (nSPS) is 20.3. The van der Waals surface area contributed by atoms with Crippen molar-refractivity contribution in [2.45, 2.75) is 6.54 Å². The Kier molecular flexibility index (Phi) is 3.55. The molecule has 1 fully saturated rings. The molecule has 0 aliphatic carbocycles. The van der Waals surface area contributed by atoms with Crippen molar-refractivity contribution in [3.63, 3.8) is 0 Å². The highest BCUT2D eigenvalue weighted by molar-refractivity contribution is 8.24. The zero-order chi connectivity index (χ0) is 14.3. The summed E-state index contributed by atoms with van der Waals surface area (Å²) in [5, 5.41) is 0.619. The van der Waals surface area contributed by atoms with Crippen LogP contribution in [0.15, 0.2) is 18.6 Å². The minimum atomic E-state index is -2.42. The van der Waals surface area contributed by atoms with Crippen molar-refractivity contribution >= 4 is 33.5 Å². The molecule has 1 aliphatic rings. The van der Waals surface area contributed by atoms with Gasteiger partial charge in [-0.3, -0.25) is 13.5 Å². The fourth-order valence-electron chi connectivity index (χ4n) is 2.53. The molecule has 0 radical (unpaired) electrons. The van der Waals surface area contributed by atoms with E-state index < -0.39 is 10.6 Å². The number of rotatable bonds is 2. The topological polar surface area (TPSA) is 87.0 Å². The fraction of sp³-hybridized carbons (Fsp3) is 0.417. The van der Waals surface area contributed by atoms with Crippen LogP contribution in [-0.2, 0) is 6.54 Å². The van der Waals surface area contributed by atoms with E-state index in [0.29, 0.717) is 36.2 Å². The van der Waals surface area contributed by atoms with Crippen LogP contribution in [-0.4, -0.2) is 43.1 Å². The molecule has 20 heavy (non-hydrogen) atoms. The van der Waals surface area contributed by atoms with Crippen LogP contribution in [0, 0.1) is 0 Å². The molecule has 6 nitrogen and oxygen atoms in total. The zero-order valence-electron chi connectivity index (χ0n) is 10.9. The molecule has 3 rings (SSSR count). The molecular formula is C12H17ClN4O2S. The molecule has 0 amide bonds. The third-order valence-electron chi connectivity index (χ3n) is 3.60. The lowest BCUT2D eigenvalue weighted by Gasteiger charge is -2.42. The number of nitrogens with zero attached hydrogens (tertiary/aromatic N) is 3. The van der Waals surface area contributed by atoms with Crippen LogP contribution in [0.25, 0.3) is 5.52 Å². The van der Waals surface area contributed by atoms with Crippen LogP contribution in [0.1, 0.15) is 5.56 Å². The maximum Gasteiger partial charge on any atom is 0.119 e. The Hall–Kier alpha value is -0.990. The molecule has 3 heterocycles. The number of hydrogen-bond acceptors (Lipinski definition) is 5. The van der Waals surface area contributed by atoms with Gasteiger partial charge in [0.25, 0.3) is 0 Å². The van der Waals surface area contributed by atoms with Gasteiger partial charge in [0.2, 0.25) is 0 Å². The van der Waals surface area contributed by atoms with E-state index >= 15 is 0 Å². The second-order valence-corrected chi connectivity index (χ2v) is 7.72. The number of hydrogen-bond donors (Lipinski definition) is 3. The van der Waals surface area contributed by atoms with E-state index in [9.17, 15) is 9.11 Å². The van der Waals surface area contributed by atoms with Gasteiger partial charge in [0.15, 0.2) is 0 Å². The van der Waals surface area contributed by atoms with Crippen molar-refractivity contribution < 1.29 is 9.11 Å². The third kappa shape index (κ3) is 2.36. The molecule has 2 aromatic heterocycles. The summed E-state index contributed by atoms with van der Waals surface area (Å²) >= 11 is 6.23. The van der Waals surface area contributed by atoms with E-state index in [0.717, 1.165) is 16.9 Å². The minimum Gasteiger partial charge on any atom is -0.354 e. The van der Waals surface area contributed by atoms with Crippen molar-refractivity contribution in [2.75, 3.05) is 29.5 Å². The Morgan fingerprint density at radius 1 is 1.35 bits per heavy atom. The molecule has 0 atom stereocenters. The van der Waals surface area contributed by atoms with Crippen molar-refractivity contribution in [3.8, 4) is 0 Å². The lowest BCUT2D eigenvalue weighted by Crippen LogP contribution is -2.40. The largest absolute Gasteiger partial charge is 0.354 e. The van der Waals surface area contributed by atoms with E-state index in [1.165, 1.54) is 0 Å². The van der Waals surface area contributed by atoms with Crippen LogP contribution in [0.3, 0.4) is 0 Å². The van der Waals surface area contributed by atoms with Gasteiger partial charge in [-0.2, -0.15) is 10.6 Å². The predicted molar refractivity (Wildman–Crippen MR) is 82.9 cm³/mol. The molecule has 0 spiro atoms. The number of aromatic nitrogens is 2. The fourth-order valence-corrected chi connectivity index (χ4v) is 4.03. The van der Waals surface area contributed by atoms with E-state index in [2.05, 4.69) is 9.88 Å². The maximum atomic E-state index is 9.73. The quantitative estimate of drug-likeness (QED) is 0.789. The van der Waals surface area contributed by atoms with Gasteiger partial charge in [0.1, 0.15) is 12.1 Å². The highest BCUT2D eigenvalue weighted by Crippen LogP contribution is 2.42. The molecule has 110 valence electrons. The van der Waals surface area contributed by atoms with Gasteiger partial charge >= 0.3 is 0 Å². The number of anilines is 1. The van der Waals surface area contributed by atoms with E-state index in [-0.39, 0.29) is 0 Å². The Balaban J connectivity index is 2.06. The Morgan fingerprint density at radius 3 is 2.70 bits per heavy atom. The SMILES string of the molecule is NCc1cc(Cl)c2cncn2c1N1CCS(O)(O)CC1. The summed E-state index contributed by atoms with van der Waals surface area (Å²) in [4.78, 5) is 6.26.